The summed E-state index contributed by atoms with van der Waals surface area (Å²) in [5.74, 6) is -0.169. The zero-order chi connectivity index (χ0) is 31.8. The highest BCUT2D eigenvalue weighted by atomic mass is 32.7. The van der Waals surface area contributed by atoms with Gasteiger partial charge < -0.3 is 35.5 Å². The van der Waals surface area contributed by atoms with Crippen molar-refractivity contribution in [2.24, 2.45) is 0 Å². The number of nitrogens with two attached hydrogens (primary N) is 2. The van der Waals surface area contributed by atoms with Gasteiger partial charge in [-0.15, -0.1) is 0 Å². The minimum absolute atomic E-state index is 0.0844. The van der Waals surface area contributed by atoms with E-state index in [-0.39, 0.29) is 34.1 Å². The number of H-pyrrole nitrogens is 1. The number of alkyl halides is 1. The summed E-state index contributed by atoms with van der Waals surface area (Å²) in [7, 11) is 0. The first-order chi connectivity index (χ1) is 21.3. The SMILES string of the molecule is Nc1nc2c(ncn2[C@@H]2O[C@@H]3COP(O)(=S)O[C@H]4[C@@H](O)[C@H](n5cnc6c(N)ncnc65)O[C@@H]4COP(=O)(S)OC3[C@H]2F)c(=O)[nH]1. The first kappa shape index (κ1) is 31.0. The maximum Gasteiger partial charge on any atom is 0.386 e. The Balaban J connectivity index is 1.17. The second kappa shape index (κ2) is 11.2. The Morgan fingerprint density at radius 3 is 2.44 bits per heavy atom. The van der Waals surface area contributed by atoms with Crippen molar-refractivity contribution in [3.63, 3.8) is 0 Å². The van der Waals surface area contributed by atoms with E-state index >= 15 is 4.39 Å². The summed E-state index contributed by atoms with van der Waals surface area (Å²) in [6, 6.07) is 0. The first-order valence-corrected chi connectivity index (χ1v) is 18.2. The molecule has 3 aliphatic rings. The molecule has 3 unspecified atom stereocenters. The van der Waals surface area contributed by atoms with Gasteiger partial charge in [0.2, 0.25) is 5.95 Å². The number of aromatic nitrogens is 8. The molecule has 7 N–H and O–H groups in total. The van der Waals surface area contributed by atoms with Crippen LogP contribution in [0.2, 0.25) is 0 Å². The summed E-state index contributed by atoms with van der Waals surface area (Å²) in [6.45, 7) is -9.82. The van der Waals surface area contributed by atoms with Crippen LogP contribution in [0.4, 0.5) is 16.2 Å². The van der Waals surface area contributed by atoms with Crippen LogP contribution in [0.5, 0.6) is 0 Å². The number of aliphatic hydroxyl groups is 1. The lowest BCUT2D eigenvalue weighted by Gasteiger charge is -2.29. The number of nitrogens with zero attached hydrogens (tertiary/aromatic N) is 7. The topological polar surface area (TPSA) is 272 Å². The number of imidazole rings is 2. The van der Waals surface area contributed by atoms with Crippen molar-refractivity contribution >= 4 is 71.7 Å². The summed E-state index contributed by atoms with van der Waals surface area (Å²) < 4.78 is 65.7. The fourth-order valence-corrected chi connectivity index (χ4v) is 8.21. The fourth-order valence-electron chi connectivity index (χ4n) is 5.28. The van der Waals surface area contributed by atoms with E-state index in [2.05, 4.69) is 42.2 Å². The van der Waals surface area contributed by atoms with Gasteiger partial charge >= 0.3 is 13.5 Å². The van der Waals surface area contributed by atoms with Crippen molar-refractivity contribution in [2.45, 2.75) is 49.1 Å². The highest BCUT2D eigenvalue weighted by Gasteiger charge is 2.53. The molecular formula is C20H23FN10O10P2S2. The predicted octanol–water partition coefficient (Wildman–Crippen LogP) is -0.310. The second-order valence-electron chi connectivity index (χ2n) is 10.1. The molecule has 4 aromatic heterocycles. The van der Waals surface area contributed by atoms with Crippen molar-refractivity contribution in [1.82, 2.24) is 39.0 Å². The van der Waals surface area contributed by atoms with Gasteiger partial charge in [-0.2, -0.15) is 4.98 Å². The van der Waals surface area contributed by atoms with Gasteiger partial charge in [-0.3, -0.25) is 32.5 Å². The number of fused-ring (bicyclic) bond motifs is 4. The quantitative estimate of drug-likeness (QED) is 0.115. The van der Waals surface area contributed by atoms with Crippen molar-refractivity contribution < 1.29 is 46.5 Å². The number of hydrogen-bond acceptors (Lipinski definition) is 17. The Morgan fingerprint density at radius 2 is 1.67 bits per heavy atom. The molecule has 10 atom stereocenters. The molecule has 3 fully saturated rings. The zero-order valence-corrected chi connectivity index (χ0v) is 25.8. The summed E-state index contributed by atoms with van der Waals surface area (Å²) >= 11 is 9.20. The van der Waals surface area contributed by atoms with Crippen LogP contribution < -0.4 is 17.0 Å². The number of anilines is 2. The average Bonchev–Trinajstić information content (AvgIpc) is 3.72. The summed E-state index contributed by atoms with van der Waals surface area (Å²) in [6.07, 6.45) is -8.44. The lowest BCUT2D eigenvalue weighted by atomic mass is 10.1. The molecule has 45 heavy (non-hydrogen) atoms. The lowest BCUT2D eigenvalue weighted by Crippen LogP contribution is -2.38. The van der Waals surface area contributed by atoms with Gasteiger partial charge in [0.1, 0.15) is 42.4 Å². The van der Waals surface area contributed by atoms with Crippen LogP contribution in [0.3, 0.4) is 0 Å². The lowest BCUT2D eigenvalue weighted by molar-refractivity contribution is -0.0570. The van der Waals surface area contributed by atoms with E-state index in [0.29, 0.717) is 0 Å². The third kappa shape index (κ3) is 5.55. The minimum atomic E-state index is -4.39. The third-order valence-corrected chi connectivity index (χ3v) is 10.5. The Bertz CT molecular complexity index is 1950. The van der Waals surface area contributed by atoms with Gasteiger partial charge in [0.05, 0.1) is 25.9 Å². The number of rotatable bonds is 2. The largest absolute Gasteiger partial charge is 0.386 e. The first-order valence-electron chi connectivity index (χ1n) is 12.9. The molecule has 242 valence electrons. The van der Waals surface area contributed by atoms with E-state index in [9.17, 15) is 19.4 Å². The van der Waals surface area contributed by atoms with Crippen molar-refractivity contribution in [3.05, 3.63) is 29.3 Å². The fraction of sp³-hybridized carbons (Fsp3) is 0.500. The van der Waals surface area contributed by atoms with Crippen LogP contribution in [0, 0.1) is 0 Å². The molecule has 25 heteroatoms. The number of halogens is 1. The second-order valence-corrected chi connectivity index (χ2v) is 15.8. The number of thiol groups is 1. The molecule has 7 rings (SSSR count). The van der Waals surface area contributed by atoms with Gasteiger partial charge in [-0.1, -0.05) is 12.2 Å². The van der Waals surface area contributed by atoms with Crippen LogP contribution in [0.15, 0.2) is 23.8 Å². The highest BCUT2D eigenvalue weighted by molar-refractivity contribution is 8.44. The molecule has 20 nitrogen and oxygen atoms in total. The number of ether oxygens (including phenoxy) is 2. The summed E-state index contributed by atoms with van der Waals surface area (Å²) in [5, 5.41) is 11.2. The van der Waals surface area contributed by atoms with Crippen LogP contribution in [-0.2, 0) is 43.9 Å². The smallest absolute Gasteiger partial charge is 0.386 e. The number of aliphatic hydroxyl groups excluding tert-OH is 1. The molecule has 0 bridgehead atoms. The van der Waals surface area contributed by atoms with Gasteiger partial charge in [0.15, 0.2) is 41.3 Å². The molecule has 3 aliphatic heterocycles. The predicted molar refractivity (Wildman–Crippen MR) is 156 cm³/mol. The van der Waals surface area contributed by atoms with Gasteiger partial charge in [-0.05, 0) is 11.8 Å². The van der Waals surface area contributed by atoms with Gasteiger partial charge in [-0.25, -0.2) is 28.9 Å². The molecule has 0 radical (unpaired) electrons. The Hall–Kier alpha value is -2.66. The normalized spacial score (nSPS) is 37.7. The zero-order valence-electron chi connectivity index (χ0n) is 22.3. The van der Waals surface area contributed by atoms with Crippen LogP contribution >= 0.6 is 25.8 Å². The van der Waals surface area contributed by atoms with Crippen LogP contribution in [0.1, 0.15) is 12.5 Å². The molecule has 4 aromatic rings. The van der Waals surface area contributed by atoms with Crippen molar-refractivity contribution in [1.29, 1.82) is 0 Å². The van der Waals surface area contributed by atoms with Crippen molar-refractivity contribution in [3.8, 4) is 0 Å². The molecule has 0 aliphatic carbocycles. The monoisotopic (exact) mass is 708 g/mol. The Morgan fingerprint density at radius 1 is 1.00 bits per heavy atom. The van der Waals surface area contributed by atoms with Crippen molar-refractivity contribution in [2.75, 3.05) is 24.7 Å². The molecule has 0 aromatic carbocycles. The summed E-state index contributed by atoms with van der Waals surface area (Å²) in [4.78, 5) is 45.6. The molecule has 3 saturated heterocycles. The molecule has 7 heterocycles. The number of aromatic amines is 1. The van der Waals surface area contributed by atoms with E-state index in [1.165, 1.54) is 17.2 Å². The average molecular weight is 709 g/mol. The van der Waals surface area contributed by atoms with E-state index in [4.69, 9.17) is 50.8 Å². The van der Waals surface area contributed by atoms with E-state index in [1.54, 1.807) is 0 Å². The Kier molecular flexibility index (Phi) is 7.74. The standard InChI is InChI=1S/C20H23FN10O10P2S2/c21-8-12-6(38-18(8)31-5-27-10-16(31)28-20(23)29-17(10)33)1-36-43(35,45)41-13-7(2-37-42(34,44)40-12)39-19(11(13)32)30-4-26-9-14(22)24-3-25-15(9)30/h3-8,11-13,18-19,32H,1-2H2,(H,34,44)(H,35,45)(H2,22,24,25)(H3,23,28,29,33)/t6-,7-,8-,11-,12?,13-,18-,19-,42?,43?/m1/s1. The molecule has 0 spiro atoms. The van der Waals surface area contributed by atoms with Crippen LogP contribution in [-0.4, -0.2) is 98.9 Å². The van der Waals surface area contributed by atoms with Gasteiger partial charge in [0.25, 0.3) is 5.56 Å². The third-order valence-electron chi connectivity index (χ3n) is 7.28. The minimum Gasteiger partial charge on any atom is -0.386 e. The number of hydrogen-bond donors (Lipinski definition) is 6. The van der Waals surface area contributed by atoms with Gasteiger partial charge in [0, 0.05) is 0 Å². The van der Waals surface area contributed by atoms with Crippen LogP contribution in [0.25, 0.3) is 22.3 Å². The molecule has 0 amide bonds. The van der Waals surface area contributed by atoms with E-state index in [1.807, 2.05) is 0 Å². The highest BCUT2D eigenvalue weighted by Crippen LogP contribution is 2.58. The number of nitrogens with one attached hydrogen (secondary N) is 1. The van der Waals surface area contributed by atoms with E-state index < -0.39 is 81.4 Å². The molecule has 0 saturated carbocycles. The maximum atomic E-state index is 16.0. The van der Waals surface area contributed by atoms with E-state index in [0.717, 1.165) is 10.9 Å². The Labute approximate surface area is 260 Å². The number of nitrogen functional groups attached to an aromatic ring is 2. The maximum absolute atomic E-state index is 16.0. The summed E-state index contributed by atoms with van der Waals surface area (Å²) in [5.41, 5.74) is 11.0. The molecular weight excluding hydrogens is 685 g/mol.